The summed E-state index contributed by atoms with van der Waals surface area (Å²) in [4.78, 5) is 0. The number of hydrogen-bond donors (Lipinski definition) is 1. The van der Waals surface area contributed by atoms with Gasteiger partial charge in [-0.1, -0.05) is 60.3 Å². The van der Waals surface area contributed by atoms with Crippen molar-refractivity contribution in [3.63, 3.8) is 0 Å². The fraction of sp³-hybridized carbons (Fsp3) is 1.00. The molecule has 5 fully saturated rings. The van der Waals surface area contributed by atoms with Gasteiger partial charge in [0.1, 0.15) is 5.60 Å². The Morgan fingerprint density at radius 3 is 2.52 bits per heavy atom. The highest BCUT2D eigenvalue weighted by atomic mass is 16.6. The summed E-state index contributed by atoms with van der Waals surface area (Å²) >= 11 is 0. The Labute approximate surface area is 179 Å². The molecule has 2 heteroatoms. The van der Waals surface area contributed by atoms with Gasteiger partial charge in [-0.25, -0.2) is 0 Å². The summed E-state index contributed by atoms with van der Waals surface area (Å²) in [5.41, 5.74) is 0.696. The van der Waals surface area contributed by atoms with Crippen LogP contribution < -0.4 is 0 Å². The third kappa shape index (κ3) is 2.80. The standard InChI is InChI=1S/C27H46O2/c1-17(2)8-6-9-18(3)20-12-13-21-25(20,4)15-14-22-26(5)19(10-7-11-23(26)28)16-24-27(21,22)29-24/h17-24,28H,6-16H2,1-5H3/t18-,19?,20-,21-,22-,23?,24?,25-,26+,27-/m1/s1. The van der Waals surface area contributed by atoms with Gasteiger partial charge in [0.25, 0.3) is 0 Å². The molecule has 0 aromatic heterocycles. The molecule has 4 aliphatic carbocycles. The Morgan fingerprint density at radius 1 is 0.966 bits per heavy atom. The fourth-order valence-electron chi connectivity index (χ4n) is 9.73. The summed E-state index contributed by atoms with van der Waals surface area (Å²) in [5.74, 6) is 4.59. The van der Waals surface area contributed by atoms with Crippen LogP contribution in [0.2, 0.25) is 0 Å². The molecule has 1 aliphatic heterocycles. The molecular weight excluding hydrogens is 356 g/mol. The highest BCUT2D eigenvalue weighted by Crippen LogP contribution is 2.76. The second-order valence-electron chi connectivity index (χ2n) is 12.8. The minimum absolute atomic E-state index is 0.105. The first-order chi connectivity index (χ1) is 13.7. The van der Waals surface area contributed by atoms with E-state index in [-0.39, 0.29) is 17.1 Å². The second kappa shape index (κ2) is 6.96. The maximum absolute atomic E-state index is 11.2. The van der Waals surface area contributed by atoms with Crippen LogP contribution in [0.3, 0.4) is 0 Å². The van der Waals surface area contributed by atoms with E-state index in [4.69, 9.17) is 4.74 Å². The lowest BCUT2D eigenvalue weighted by Gasteiger charge is -2.60. The van der Waals surface area contributed by atoms with E-state index in [1.807, 2.05) is 0 Å². The summed E-state index contributed by atoms with van der Waals surface area (Å²) in [6, 6.07) is 0. The molecule has 1 spiro atoms. The number of epoxide rings is 1. The zero-order valence-electron chi connectivity index (χ0n) is 19.8. The van der Waals surface area contributed by atoms with Crippen molar-refractivity contribution in [3.05, 3.63) is 0 Å². The van der Waals surface area contributed by atoms with E-state index in [1.54, 1.807) is 0 Å². The molecule has 0 radical (unpaired) electrons. The molecule has 2 nitrogen and oxygen atoms in total. The average Bonchev–Trinajstić information content (AvgIpc) is 3.23. The summed E-state index contributed by atoms with van der Waals surface area (Å²) in [6.45, 7) is 12.4. The Morgan fingerprint density at radius 2 is 1.76 bits per heavy atom. The van der Waals surface area contributed by atoms with Crippen molar-refractivity contribution in [1.29, 1.82) is 0 Å². The highest BCUT2D eigenvalue weighted by Gasteiger charge is 2.79. The normalized spacial score (nSPS) is 54.3. The third-order valence-corrected chi connectivity index (χ3v) is 11.3. The number of aliphatic hydroxyl groups is 1. The van der Waals surface area contributed by atoms with E-state index in [9.17, 15) is 5.11 Å². The second-order valence-corrected chi connectivity index (χ2v) is 12.8. The predicted molar refractivity (Wildman–Crippen MR) is 119 cm³/mol. The number of rotatable bonds is 5. The lowest BCUT2D eigenvalue weighted by atomic mass is 9.43. The molecule has 3 unspecified atom stereocenters. The van der Waals surface area contributed by atoms with Crippen molar-refractivity contribution >= 4 is 0 Å². The summed E-state index contributed by atoms with van der Waals surface area (Å²) in [5, 5.41) is 11.2. The first kappa shape index (κ1) is 20.8. The van der Waals surface area contributed by atoms with E-state index in [1.165, 1.54) is 64.2 Å². The molecule has 0 bridgehead atoms. The summed E-state index contributed by atoms with van der Waals surface area (Å²) in [6.07, 6.45) is 14.8. The molecule has 5 aliphatic rings. The van der Waals surface area contributed by atoms with E-state index in [2.05, 4.69) is 34.6 Å². The molecule has 1 saturated heterocycles. The largest absolute Gasteiger partial charge is 0.393 e. The minimum atomic E-state index is -0.107. The van der Waals surface area contributed by atoms with Crippen molar-refractivity contribution in [1.82, 2.24) is 0 Å². The molecule has 1 heterocycles. The predicted octanol–water partition coefficient (Wildman–Crippen LogP) is 6.60. The van der Waals surface area contributed by atoms with Crippen LogP contribution in [0.25, 0.3) is 0 Å². The lowest BCUT2D eigenvalue weighted by Crippen LogP contribution is -2.62. The van der Waals surface area contributed by atoms with Gasteiger partial charge in [0.15, 0.2) is 0 Å². The quantitative estimate of drug-likeness (QED) is 0.525. The third-order valence-electron chi connectivity index (χ3n) is 11.3. The SMILES string of the molecule is CC(C)CCC[C@@H](C)[C@H]1CC[C@@H]2[C@]1(C)CC[C@@H]1[C@@]3(C)C(O)CCCC3CC3O[C@@]312. The summed E-state index contributed by atoms with van der Waals surface area (Å²) in [7, 11) is 0. The summed E-state index contributed by atoms with van der Waals surface area (Å²) < 4.78 is 6.78. The highest BCUT2D eigenvalue weighted by molar-refractivity contribution is 5.26. The minimum Gasteiger partial charge on any atom is -0.393 e. The number of aliphatic hydroxyl groups excluding tert-OH is 1. The van der Waals surface area contributed by atoms with Crippen molar-refractivity contribution in [2.24, 2.45) is 46.3 Å². The van der Waals surface area contributed by atoms with Gasteiger partial charge in [-0.05, 0) is 85.9 Å². The monoisotopic (exact) mass is 402 g/mol. The molecule has 0 aromatic carbocycles. The van der Waals surface area contributed by atoms with E-state index in [0.29, 0.717) is 23.4 Å². The van der Waals surface area contributed by atoms with Gasteiger partial charge in [0.2, 0.25) is 0 Å². The topological polar surface area (TPSA) is 32.8 Å². The van der Waals surface area contributed by atoms with Gasteiger partial charge in [-0.2, -0.15) is 0 Å². The molecule has 5 rings (SSSR count). The molecule has 4 saturated carbocycles. The van der Waals surface area contributed by atoms with E-state index >= 15 is 0 Å². The Bertz CT molecular complexity index is 630. The van der Waals surface area contributed by atoms with Crippen LogP contribution in [0.5, 0.6) is 0 Å². The van der Waals surface area contributed by atoms with Crippen LogP contribution in [0, 0.1) is 46.3 Å². The number of hydrogen-bond acceptors (Lipinski definition) is 2. The Balaban J connectivity index is 1.37. The van der Waals surface area contributed by atoms with Crippen molar-refractivity contribution in [2.45, 2.75) is 123 Å². The van der Waals surface area contributed by atoms with Crippen LogP contribution in [0.15, 0.2) is 0 Å². The lowest BCUT2D eigenvalue weighted by molar-refractivity contribution is -0.154. The van der Waals surface area contributed by atoms with Crippen molar-refractivity contribution < 1.29 is 9.84 Å². The fourth-order valence-corrected chi connectivity index (χ4v) is 9.73. The number of ether oxygens (including phenoxy) is 1. The first-order valence-corrected chi connectivity index (χ1v) is 13.1. The first-order valence-electron chi connectivity index (χ1n) is 13.1. The van der Waals surface area contributed by atoms with E-state index < -0.39 is 0 Å². The van der Waals surface area contributed by atoms with Crippen LogP contribution in [-0.2, 0) is 4.74 Å². The van der Waals surface area contributed by atoms with Gasteiger partial charge >= 0.3 is 0 Å². The average molecular weight is 403 g/mol. The maximum atomic E-state index is 11.2. The van der Waals surface area contributed by atoms with Crippen LogP contribution in [-0.4, -0.2) is 22.9 Å². The van der Waals surface area contributed by atoms with Crippen LogP contribution in [0.1, 0.15) is 105 Å². The van der Waals surface area contributed by atoms with Gasteiger partial charge < -0.3 is 9.84 Å². The van der Waals surface area contributed by atoms with Gasteiger partial charge in [0.05, 0.1) is 12.2 Å². The Hall–Kier alpha value is -0.0800. The van der Waals surface area contributed by atoms with Gasteiger partial charge in [-0.3, -0.25) is 0 Å². The maximum Gasteiger partial charge on any atom is 0.102 e. The molecule has 10 atom stereocenters. The molecule has 1 N–H and O–H groups in total. The molecule has 166 valence electrons. The van der Waals surface area contributed by atoms with Crippen LogP contribution in [0.4, 0.5) is 0 Å². The van der Waals surface area contributed by atoms with E-state index in [0.717, 1.165) is 30.1 Å². The molecular formula is C27H46O2. The van der Waals surface area contributed by atoms with Crippen molar-refractivity contribution in [3.8, 4) is 0 Å². The zero-order valence-corrected chi connectivity index (χ0v) is 19.8. The van der Waals surface area contributed by atoms with Gasteiger partial charge in [0, 0.05) is 5.41 Å². The Kier molecular flexibility index (Phi) is 4.99. The number of fused-ring (bicyclic) bond motifs is 3. The van der Waals surface area contributed by atoms with Crippen molar-refractivity contribution in [2.75, 3.05) is 0 Å². The zero-order chi connectivity index (χ0) is 20.6. The molecule has 0 amide bonds. The molecule has 0 aromatic rings. The van der Waals surface area contributed by atoms with Gasteiger partial charge in [-0.15, -0.1) is 0 Å². The van der Waals surface area contributed by atoms with Crippen LogP contribution >= 0.6 is 0 Å². The smallest absolute Gasteiger partial charge is 0.102 e. The molecule has 29 heavy (non-hydrogen) atoms.